The summed E-state index contributed by atoms with van der Waals surface area (Å²) >= 11 is 0. The van der Waals surface area contributed by atoms with E-state index in [2.05, 4.69) is 5.32 Å². The number of nitrogens with two attached hydrogens (primary N) is 1. The third-order valence-electron chi connectivity index (χ3n) is 2.66. The standard InChI is InChI=1S/C16H18N2O2/c1-11(2)20-16(19)14-10-12(17)8-9-15(14)18-13-6-4-3-5-7-13/h3-11,18H,17H2,1-2H3. The molecule has 0 bridgehead atoms. The number of rotatable bonds is 4. The molecule has 2 aromatic carbocycles. The van der Waals surface area contributed by atoms with Gasteiger partial charge in [0.05, 0.1) is 17.4 Å². The van der Waals surface area contributed by atoms with E-state index in [1.165, 1.54) is 0 Å². The van der Waals surface area contributed by atoms with Crippen molar-refractivity contribution >= 4 is 23.0 Å². The Bertz CT molecular complexity index is 595. The Labute approximate surface area is 118 Å². The zero-order chi connectivity index (χ0) is 14.5. The molecule has 3 N–H and O–H groups in total. The molecular weight excluding hydrogens is 252 g/mol. The first-order valence-corrected chi connectivity index (χ1v) is 6.49. The topological polar surface area (TPSA) is 64.3 Å². The third kappa shape index (κ3) is 3.51. The first kappa shape index (κ1) is 13.9. The molecule has 0 atom stereocenters. The van der Waals surface area contributed by atoms with Gasteiger partial charge in [0.25, 0.3) is 0 Å². The highest BCUT2D eigenvalue weighted by atomic mass is 16.5. The smallest absolute Gasteiger partial charge is 0.340 e. The Morgan fingerprint density at radius 3 is 2.50 bits per heavy atom. The molecule has 0 saturated heterocycles. The van der Waals surface area contributed by atoms with E-state index in [1.54, 1.807) is 18.2 Å². The van der Waals surface area contributed by atoms with Crippen LogP contribution >= 0.6 is 0 Å². The van der Waals surface area contributed by atoms with Gasteiger partial charge in [0.15, 0.2) is 0 Å². The number of ether oxygens (including phenoxy) is 1. The van der Waals surface area contributed by atoms with Crippen molar-refractivity contribution in [3.63, 3.8) is 0 Å². The summed E-state index contributed by atoms with van der Waals surface area (Å²) in [6.45, 7) is 3.63. The summed E-state index contributed by atoms with van der Waals surface area (Å²) in [5.41, 5.74) is 8.29. The number of nitrogen functional groups attached to an aromatic ring is 1. The Kier molecular flexibility index (Phi) is 4.25. The SMILES string of the molecule is CC(C)OC(=O)c1cc(N)ccc1Nc1ccccc1. The Balaban J connectivity index is 2.31. The molecule has 0 aliphatic carbocycles. The molecule has 2 aromatic rings. The molecule has 104 valence electrons. The predicted octanol–water partition coefficient (Wildman–Crippen LogP) is 3.58. The highest BCUT2D eigenvalue weighted by Crippen LogP contribution is 2.24. The lowest BCUT2D eigenvalue weighted by Gasteiger charge is -2.14. The lowest BCUT2D eigenvalue weighted by molar-refractivity contribution is 0.0379. The maximum atomic E-state index is 12.1. The van der Waals surface area contributed by atoms with Crippen LogP contribution in [0.25, 0.3) is 0 Å². The minimum Gasteiger partial charge on any atom is -0.459 e. The number of carbonyl (C=O) groups is 1. The van der Waals surface area contributed by atoms with Crippen molar-refractivity contribution in [3.8, 4) is 0 Å². The fourth-order valence-electron chi connectivity index (χ4n) is 1.79. The van der Waals surface area contributed by atoms with Crippen molar-refractivity contribution in [2.45, 2.75) is 20.0 Å². The van der Waals surface area contributed by atoms with Gasteiger partial charge >= 0.3 is 5.97 Å². The molecule has 0 aliphatic rings. The first-order chi connectivity index (χ1) is 9.56. The number of anilines is 3. The highest BCUT2D eigenvalue weighted by Gasteiger charge is 2.15. The second-order valence-corrected chi connectivity index (χ2v) is 4.75. The van der Waals surface area contributed by atoms with Crippen LogP contribution in [0.4, 0.5) is 17.1 Å². The third-order valence-corrected chi connectivity index (χ3v) is 2.66. The number of benzene rings is 2. The molecule has 0 fully saturated rings. The molecule has 0 unspecified atom stereocenters. The van der Waals surface area contributed by atoms with Crippen LogP contribution in [0, 0.1) is 0 Å². The van der Waals surface area contributed by atoms with Gasteiger partial charge in [0.2, 0.25) is 0 Å². The molecule has 4 heteroatoms. The molecule has 4 nitrogen and oxygen atoms in total. The second-order valence-electron chi connectivity index (χ2n) is 4.75. The Morgan fingerprint density at radius 2 is 1.85 bits per heavy atom. The minimum atomic E-state index is -0.384. The average molecular weight is 270 g/mol. The van der Waals surface area contributed by atoms with Gasteiger partial charge in [0, 0.05) is 11.4 Å². The Morgan fingerprint density at radius 1 is 1.15 bits per heavy atom. The van der Waals surface area contributed by atoms with E-state index in [-0.39, 0.29) is 12.1 Å². The van der Waals surface area contributed by atoms with Gasteiger partial charge in [-0.15, -0.1) is 0 Å². The largest absolute Gasteiger partial charge is 0.459 e. The summed E-state index contributed by atoms with van der Waals surface area (Å²) in [4.78, 5) is 12.1. The van der Waals surface area contributed by atoms with E-state index in [1.807, 2.05) is 44.2 Å². The van der Waals surface area contributed by atoms with E-state index < -0.39 is 0 Å². The normalized spacial score (nSPS) is 10.3. The summed E-state index contributed by atoms with van der Waals surface area (Å²) in [6, 6.07) is 14.8. The van der Waals surface area contributed by atoms with Crippen molar-refractivity contribution in [2.24, 2.45) is 0 Å². The molecule has 20 heavy (non-hydrogen) atoms. The molecule has 0 amide bonds. The van der Waals surface area contributed by atoms with Crippen LogP contribution < -0.4 is 11.1 Å². The van der Waals surface area contributed by atoms with Crippen molar-refractivity contribution < 1.29 is 9.53 Å². The van der Waals surface area contributed by atoms with Crippen LogP contribution in [0.2, 0.25) is 0 Å². The van der Waals surface area contributed by atoms with Crippen LogP contribution in [0.5, 0.6) is 0 Å². The van der Waals surface area contributed by atoms with Crippen molar-refractivity contribution in [2.75, 3.05) is 11.1 Å². The second kappa shape index (κ2) is 6.10. The fraction of sp³-hybridized carbons (Fsp3) is 0.188. The van der Waals surface area contributed by atoms with Gasteiger partial charge in [0.1, 0.15) is 0 Å². The number of esters is 1. The summed E-state index contributed by atoms with van der Waals surface area (Å²) in [6.07, 6.45) is -0.173. The van der Waals surface area contributed by atoms with Gasteiger partial charge in [-0.3, -0.25) is 0 Å². The van der Waals surface area contributed by atoms with Gasteiger partial charge in [-0.2, -0.15) is 0 Å². The van der Waals surface area contributed by atoms with E-state index in [9.17, 15) is 4.79 Å². The van der Waals surface area contributed by atoms with Crippen molar-refractivity contribution in [1.29, 1.82) is 0 Å². The molecule has 0 heterocycles. The summed E-state index contributed by atoms with van der Waals surface area (Å²) < 4.78 is 5.24. The number of nitrogens with one attached hydrogen (secondary N) is 1. The van der Waals surface area contributed by atoms with Crippen LogP contribution in [-0.2, 0) is 4.74 Å². The number of para-hydroxylation sites is 1. The molecular formula is C16H18N2O2. The van der Waals surface area contributed by atoms with Gasteiger partial charge in [-0.1, -0.05) is 18.2 Å². The summed E-state index contributed by atoms with van der Waals surface area (Å²) in [5.74, 6) is -0.384. The van der Waals surface area contributed by atoms with Crippen molar-refractivity contribution in [3.05, 3.63) is 54.1 Å². The predicted molar refractivity (Wildman–Crippen MR) is 81.1 cm³/mol. The molecule has 0 aromatic heterocycles. The highest BCUT2D eigenvalue weighted by molar-refractivity contribution is 5.97. The van der Waals surface area contributed by atoms with Crippen LogP contribution in [-0.4, -0.2) is 12.1 Å². The van der Waals surface area contributed by atoms with Gasteiger partial charge in [-0.05, 0) is 44.2 Å². The average Bonchev–Trinajstić information content (AvgIpc) is 2.41. The monoisotopic (exact) mass is 270 g/mol. The lowest BCUT2D eigenvalue weighted by atomic mass is 10.1. The van der Waals surface area contributed by atoms with E-state index in [0.717, 1.165) is 5.69 Å². The van der Waals surface area contributed by atoms with E-state index in [4.69, 9.17) is 10.5 Å². The quantitative estimate of drug-likeness (QED) is 0.658. The minimum absolute atomic E-state index is 0.173. The van der Waals surface area contributed by atoms with E-state index >= 15 is 0 Å². The van der Waals surface area contributed by atoms with Gasteiger partial charge < -0.3 is 15.8 Å². The number of hydrogen-bond acceptors (Lipinski definition) is 4. The summed E-state index contributed by atoms with van der Waals surface area (Å²) in [5, 5.41) is 3.20. The zero-order valence-corrected chi connectivity index (χ0v) is 11.6. The molecule has 0 radical (unpaired) electrons. The van der Waals surface area contributed by atoms with Crippen LogP contribution in [0.3, 0.4) is 0 Å². The first-order valence-electron chi connectivity index (χ1n) is 6.49. The maximum absolute atomic E-state index is 12.1. The fourth-order valence-corrected chi connectivity index (χ4v) is 1.79. The molecule has 2 rings (SSSR count). The number of carbonyl (C=O) groups excluding carboxylic acids is 1. The molecule has 0 aliphatic heterocycles. The van der Waals surface area contributed by atoms with Crippen LogP contribution in [0.15, 0.2) is 48.5 Å². The summed E-state index contributed by atoms with van der Waals surface area (Å²) in [7, 11) is 0. The molecule has 0 saturated carbocycles. The lowest BCUT2D eigenvalue weighted by Crippen LogP contribution is -2.13. The van der Waals surface area contributed by atoms with Gasteiger partial charge in [-0.25, -0.2) is 4.79 Å². The molecule has 0 spiro atoms. The van der Waals surface area contributed by atoms with Crippen molar-refractivity contribution in [1.82, 2.24) is 0 Å². The van der Waals surface area contributed by atoms with Crippen LogP contribution in [0.1, 0.15) is 24.2 Å². The number of hydrogen-bond donors (Lipinski definition) is 2. The van der Waals surface area contributed by atoms with E-state index in [0.29, 0.717) is 16.9 Å². The zero-order valence-electron chi connectivity index (χ0n) is 11.6. The Hall–Kier alpha value is -2.49. The maximum Gasteiger partial charge on any atom is 0.340 e.